The van der Waals surface area contributed by atoms with Crippen LogP contribution < -0.4 is 18.9 Å². The van der Waals surface area contributed by atoms with Crippen molar-refractivity contribution in [3.63, 3.8) is 0 Å². The van der Waals surface area contributed by atoms with E-state index in [1.54, 1.807) is 23.0 Å². The summed E-state index contributed by atoms with van der Waals surface area (Å²) in [6.45, 7) is 2.70. The molecule has 1 N–H and O–H groups in total. The molecule has 0 amide bonds. The summed E-state index contributed by atoms with van der Waals surface area (Å²) in [4.78, 5) is -0.144. The van der Waals surface area contributed by atoms with Crippen LogP contribution in [0.15, 0.2) is 58.2 Å². The Morgan fingerprint density at radius 3 is 2.47 bits per heavy atom. The number of rotatable bonds is 9. The van der Waals surface area contributed by atoms with Crippen LogP contribution in [0.5, 0.6) is 17.2 Å². The number of sulfonamides is 1. The summed E-state index contributed by atoms with van der Waals surface area (Å²) in [5.74, 6) is 0.715. The number of ether oxygens (including phenoxy) is 3. The first kappa shape index (κ1) is 21.5. The first-order chi connectivity index (χ1) is 15.5. The fourth-order valence-corrected chi connectivity index (χ4v) is 4.69. The molecule has 0 radical (unpaired) electrons. The number of anilines is 1. The van der Waals surface area contributed by atoms with Crippen molar-refractivity contribution in [1.29, 1.82) is 0 Å². The summed E-state index contributed by atoms with van der Waals surface area (Å²) in [6.07, 6.45) is 3.53. The lowest BCUT2D eigenvalue weighted by atomic mass is 10.1. The van der Waals surface area contributed by atoms with Crippen molar-refractivity contribution < 1.29 is 27.2 Å². The summed E-state index contributed by atoms with van der Waals surface area (Å²) < 4.78 is 52.4. The van der Waals surface area contributed by atoms with E-state index in [1.807, 2.05) is 25.3 Å². The van der Waals surface area contributed by atoms with Gasteiger partial charge in [-0.05, 0) is 42.8 Å². The Kier molecular flexibility index (Phi) is 5.91. The highest BCUT2D eigenvalue weighted by Crippen LogP contribution is 2.38. The van der Waals surface area contributed by atoms with Gasteiger partial charge in [-0.15, -0.1) is 0 Å². The van der Waals surface area contributed by atoms with E-state index in [9.17, 15) is 8.42 Å². The predicted molar refractivity (Wildman–Crippen MR) is 117 cm³/mol. The molecule has 11 heteroatoms. The van der Waals surface area contributed by atoms with Gasteiger partial charge in [0, 0.05) is 12.4 Å². The molecule has 2 heterocycles. The molecule has 4 rings (SSSR count). The molecule has 2 aromatic heterocycles. The molecule has 0 atom stereocenters. The van der Waals surface area contributed by atoms with E-state index in [-0.39, 0.29) is 22.2 Å². The van der Waals surface area contributed by atoms with E-state index < -0.39 is 10.0 Å². The molecule has 0 saturated heterocycles. The van der Waals surface area contributed by atoms with Crippen molar-refractivity contribution >= 4 is 26.8 Å². The van der Waals surface area contributed by atoms with E-state index in [0.717, 1.165) is 5.56 Å². The topological polar surface area (TPSA) is 118 Å². The fraction of sp³-hybridized carbons (Fsp3) is 0.238. The zero-order valence-corrected chi connectivity index (χ0v) is 18.5. The van der Waals surface area contributed by atoms with Gasteiger partial charge in [0.05, 0.1) is 27.4 Å². The van der Waals surface area contributed by atoms with Gasteiger partial charge in [0.15, 0.2) is 16.3 Å². The Balaban J connectivity index is 1.77. The second-order valence-corrected chi connectivity index (χ2v) is 8.35. The molecule has 0 aliphatic carbocycles. The minimum atomic E-state index is -4.14. The van der Waals surface area contributed by atoms with Gasteiger partial charge in [-0.2, -0.15) is 5.10 Å². The summed E-state index contributed by atoms with van der Waals surface area (Å²) >= 11 is 0. The molecule has 0 bridgehead atoms. The second-order valence-electron chi connectivity index (χ2n) is 6.73. The third-order valence-corrected chi connectivity index (χ3v) is 6.09. The van der Waals surface area contributed by atoms with Gasteiger partial charge in [0.25, 0.3) is 10.0 Å². The highest BCUT2D eigenvalue weighted by atomic mass is 32.2. The standard InChI is InChI=1S/C21H22N4O6S/c1-4-30-17-11-14(13-25-10-6-9-22-25)12-18-19(17)21(23-31-18)24-32(26,27)20-15(28-2)7-5-8-16(20)29-3/h5-12H,4,13H2,1-3H3,(H,23,24). The maximum Gasteiger partial charge on any atom is 0.270 e. The third kappa shape index (κ3) is 4.06. The van der Waals surface area contributed by atoms with Crippen LogP contribution in [-0.2, 0) is 16.6 Å². The van der Waals surface area contributed by atoms with E-state index in [1.165, 1.54) is 26.4 Å². The predicted octanol–water partition coefficient (Wildman–Crippen LogP) is 3.29. The Labute approximate surface area is 184 Å². The molecule has 0 aliphatic rings. The normalized spacial score (nSPS) is 11.5. The molecule has 0 saturated carbocycles. The highest BCUT2D eigenvalue weighted by Gasteiger charge is 2.28. The molecule has 32 heavy (non-hydrogen) atoms. The van der Waals surface area contributed by atoms with Gasteiger partial charge < -0.3 is 18.7 Å². The number of nitrogens with one attached hydrogen (secondary N) is 1. The number of benzene rings is 2. The SMILES string of the molecule is CCOc1cc(Cn2cccn2)cc2onc(NS(=O)(=O)c3c(OC)cccc3OC)c12. The number of methoxy groups -OCH3 is 2. The number of nitrogens with zero attached hydrogens (tertiary/aromatic N) is 3. The van der Waals surface area contributed by atoms with Crippen LogP contribution in [0, 0.1) is 0 Å². The van der Waals surface area contributed by atoms with Crippen LogP contribution in [0.3, 0.4) is 0 Å². The largest absolute Gasteiger partial charge is 0.495 e. The van der Waals surface area contributed by atoms with Crippen LogP contribution in [0.1, 0.15) is 12.5 Å². The Hall–Kier alpha value is -3.73. The van der Waals surface area contributed by atoms with Gasteiger partial charge in [-0.3, -0.25) is 9.40 Å². The highest BCUT2D eigenvalue weighted by molar-refractivity contribution is 7.93. The third-order valence-electron chi connectivity index (χ3n) is 4.68. The summed E-state index contributed by atoms with van der Waals surface area (Å²) in [7, 11) is -1.37. The lowest BCUT2D eigenvalue weighted by molar-refractivity contribution is 0.344. The summed E-state index contributed by atoms with van der Waals surface area (Å²) in [5.41, 5.74) is 1.24. The average molecular weight is 458 g/mol. The van der Waals surface area contributed by atoms with Crippen molar-refractivity contribution in [2.75, 3.05) is 25.5 Å². The van der Waals surface area contributed by atoms with E-state index in [0.29, 0.717) is 29.9 Å². The van der Waals surface area contributed by atoms with Crippen LogP contribution in [0.25, 0.3) is 11.0 Å². The van der Waals surface area contributed by atoms with Crippen molar-refractivity contribution in [1.82, 2.24) is 14.9 Å². The lowest BCUT2D eigenvalue weighted by Crippen LogP contribution is -2.16. The molecule has 0 unspecified atom stereocenters. The minimum absolute atomic E-state index is 0.00190. The van der Waals surface area contributed by atoms with Crippen LogP contribution >= 0.6 is 0 Å². The quantitative estimate of drug-likeness (QED) is 0.406. The van der Waals surface area contributed by atoms with E-state index >= 15 is 0 Å². The van der Waals surface area contributed by atoms with Crippen molar-refractivity contribution in [2.45, 2.75) is 18.4 Å². The second kappa shape index (κ2) is 8.79. The van der Waals surface area contributed by atoms with Crippen molar-refractivity contribution in [3.05, 3.63) is 54.4 Å². The Morgan fingerprint density at radius 1 is 1.09 bits per heavy atom. The van der Waals surface area contributed by atoms with Gasteiger partial charge >= 0.3 is 0 Å². The maximum atomic E-state index is 13.2. The first-order valence-corrected chi connectivity index (χ1v) is 11.2. The molecule has 0 aliphatic heterocycles. The van der Waals surface area contributed by atoms with Crippen molar-refractivity contribution in [2.24, 2.45) is 0 Å². The van der Waals surface area contributed by atoms with E-state index in [2.05, 4.69) is 15.0 Å². The molecular formula is C21H22N4O6S. The van der Waals surface area contributed by atoms with Crippen LogP contribution in [0.2, 0.25) is 0 Å². The van der Waals surface area contributed by atoms with Crippen LogP contribution in [-0.4, -0.2) is 44.2 Å². The smallest absolute Gasteiger partial charge is 0.270 e. The van der Waals surface area contributed by atoms with Crippen molar-refractivity contribution in [3.8, 4) is 17.2 Å². The maximum absolute atomic E-state index is 13.2. The molecule has 168 valence electrons. The van der Waals surface area contributed by atoms with E-state index in [4.69, 9.17) is 18.7 Å². The molecule has 10 nitrogen and oxygen atoms in total. The minimum Gasteiger partial charge on any atom is -0.495 e. The Morgan fingerprint density at radius 2 is 1.84 bits per heavy atom. The summed E-state index contributed by atoms with van der Waals surface area (Å²) in [6, 6.07) is 10.1. The molecule has 4 aromatic rings. The Bertz CT molecular complexity index is 1310. The average Bonchev–Trinajstić information content (AvgIpc) is 3.43. The number of hydrogen-bond acceptors (Lipinski definition) is 8. The number of fused-ring (bicyclic) bond motifs is 1. The zero-order chi connectivity index (χ0) is 22.7. The zero-order valence-electron chi connectivity index (χ0n) is 17.7. The molecular weight excluding hydrogens is 436 g/mol. The lowest BCUT2D eigenvalue weighted by Gasteiger charge is -2.14. The van der Waals surface area contributed by atoms with Gasteiger partial charge in [-0.25, -0.2) is 8.42 Å². The summed E-state index contributed by atoms with van der Waals surface area (Å²) in [5, 5.41) is 8.56. The fourth-order valence-electron chi connectivity index (χ4n) is 3.36. The first-order valence-electron chi connectivity index (χ1n) is 9.73. The number of aromatic nitrogens is 3. The molecule has 0 fully saturated rings. The van der Waals surface area contributed by atoms with Gasteiger partial charge in [0.1, 0.15) is 22.6 Å². The van der Waals surface area contributed by atoms with Crippen LogP contribution in [0.4, 0.5) is 5.82 Å². The molecule has 0 spiro atoms. The monoisotopic (exact) mass is 458 g/mol. The van der Waals surface area contributed by atoms with Gasteiger partial charge in [0.2, 0.25) is 0 Å². The molecule has 2 aromatic carbocycles. The number of hydrogen-bond donors (Lipinski definition) is 1. The van der Waals surface area contributed by atoms with Gasteiger partial charge in [-0.1, -0.05) is 11.2 Å².